The Morgan fingerprint density at radius 3 is 2.10 bits per heavy atom. The Morgan fingerprint density at radius 2 is 1.49 bits per heavy atom. The van der Waals surface area contributed by atoms with Crippen LogP contribution >= 0.6 is 0 Å². The lowest BCUT2D eigenvalue weighted by Gasteiger charge is -2.36. The molecule has 2 heterocycles. The molecule has 3 amide bonds. The van der Waals surface area contributed by atoms with Gasteiger partial charge in [-0.15, -0.1) is 0 Å². The number of hydrogen-bond donors (Lipinski definition) is 2. The fourth-order valence-electron chi connectivity index (χ4n) is 4.60. The summed E-state index contributed by atoms with van der Waals surface area (Å²) < 4.78 is 35.9. The van der Waals surface area contributed by atoms with Crippen molar-refractivity contribution in [3.63, 3.8) is 0 Å². The molecule has 41 heavy (non-hydrogen) atoms. The molecular formula is C27H35F3N4O7. The first-order valence-electron chi connectivity index (χ1n) is 13.7. The Morgan fingerprint density at radius 1 is 0.878 bits per heavy atom. The highest BCUT2D eigenvalue weighted by atomic mass is 19.4. The van der Waals surface area contributed by atoms with Gasteiger partial charge in [0.1, 0.15) is 6.04 Å². The number of carbonyl (C=O) groups is 5. The highest BCUT2D eigenvalue weighted by Crippen LogP contribution is 2.22. The molecule has 1 unspecified atom stereocenters. The number of imide groups is 1. The van der Waals surface area contributed by atoms with Crippen LogP contribution in [0.5, 0.6) is 0 Å². The van der Waals surface area contributed by atoms with Gasteiger partial charge in [0.2, 0.25) is 17.7 Å². The third-order valence-corrected chi connectivity index (χ3v) is 6.91. The van der Waals surface area contributed by atoms with Crippen LogP contribution in [-0.4, -0.2) is 73.0 Å². The van der Waals surface area contributed by atoms with Gasteiger partial charge < -0.3 is 15.1 Å². The molecule has 0 bridgehead atoms. The molecule has 11 nitrogen and oxygen atoms in total. The van der Waals surface area contributed by atoms with E-state index in [2.05, 4.69) is 25.3 Å². The normalized spacial score (nSPS) is 17.6. The molecule has 2 N–H and O–H groups in total. The summed E-state index contributed by atoms with van der Waals surface area (Å²) in [5.41, 5.74) is 1.83. The van der Waals surface area contributed by atoms with Crippen LogP contribution in [0, 0.1) is 0 Å². The number of halogens is 3. The second-order valence-electron chi connectivity index (χ2n) is 10.0. The SMILES string of the molecule is O=C1CCC(Nc2ccc(N3CCN(C(=O)CCCCCCCCC(=O)OOC(=O)C(F)(F)F)CC3)cc2)C(=O)N1. The van der Waals surface area contributed by atoms with Crippen LogP contribution in [0.4, 0.5) is 24.5 Å². The quantitative estimate of drug-likeness (QED) is 0.164. The Hall–Kier alpha value is -3.84. The van der Waals surface area contributed by atoms with Gasteiger partial charge in [0.15, 0.2) is 0 Å². The molecule has 0 saturated carbocycles. The average molecular weight is 585 g/mol. The fraction of sp³-hybridized carbons (Fsp3) is 0.593. The number of hydrogen-bond acceptors (Lipinski definition) is 9. The van der Waals surface area contributed by atoms with Gasteiger partial charge in [-0.05, 0) is 43.5 Å². The van der Waals surface area contributed by atoms with E-state index in [4.69, 9.17) is 0 Å². The average Bonchev–Trinajstić information content (AvgIpc) is 2.94. The molecule has 1 aromatic rings. The van der Waals surface area contributed by atoms with E-state index in [1.165, 1.54) is 0 Å². The van der Waals surface area contributed by atoms with E-state index in [0.717, 1.165) is 37.1 Å². The van der Waals surface area contributed by atoms with Crippen molar-refractivity contribution in [3.8, 4) is 0 Å². The first-order chi connectivity index (χ1) is 19.5. The highest BCUT2D eigenvalue weighted by molar-refractivity contribution is 6.01. The molecule has 2 aliphatic heterocycles. The van der Waals surface area contributed by atoms with Crippen LogP contribution < -0.4 is 15.5 Å². The molecule has 0 aliphatic carbocycles. The van der Waals surface area contributed by atoms with Crippen LogP contribution in [-0.2, 0) is 33.7 Å². The molecule has 0 radical (unpaired) electrons. The maximum absolute atomic E-state index is 12.6. The molecule has 1 atom stereocenters. The van der Waals surface area contributed by atoms with Crippen LogP contribution in [0.3, 0.4) is 0 Å². The van der Waals surface area contributed by atoms with Crippen molar-refractivity contribution >= 4 is 41.0 Å². The molecule has 0 aromatic heterocycles. The van der Waals surface area contributed by atoms with Crippen molar-refractivity contribution in [2.24, 2.45) is 0 Å². The number of rotatable bonds is 12. The number of anilines is 2. The van der Waals surface area contributed by atoms with E-state index in [9.17, 15) is 37.1 Å². The monoisotopic (exact) mass is 584 g/mol. The number of piperidine rings is 1. The molecule has 2 aliphatic rings. The lowest BCUT2D eigenvalue weighted by Crippen LogP contribution is -2.48. The van der Waals surface area contributed by atoms with Crippen LogP contribution in [0.2, 0.25) is 0 Å². The van der Waals surface area contributed by atoms with Gasteiger partial charge in [-0.25, -0.2) is 19.4 Å². The second-order valence-corrected chi connectivity index (χ2v) is 10.0. The van der Waals surface area contributed by atoms with Gasteiger partial charge in [0.25, 0.3) is 0 Å². The highest BCUT2D eigenvalue weighted by Gasteiger charge is 2.43. The number of carbonyl (C=O) groups excluding carboxylic acids is 5. The van der Waals surface area contributed by atoms with Crippen molar-refractivity contribution < 1.29 is 46.9 Å². The van der Waals surface area contributed by atoms with Gasteiger partial charge in [-0.3, -0.25) is 19.7 Å². The number of piperazine rings is 1. The van der Waals surface area contributed by atoms with E-state index in [0.29, 0.717) is 58.3 Å². The smallest absolute Gasteiger partial charge is 0.374 e. The Kier molecular flexibility index (Phi) is 11.8. The van der Waals surface area contributed by atoms with Crippen LogP contribution in [0.25, 0.3) is 0 Å². The number of amides is 3. The zero-order valence-electron chi connectivity index (χ0n) is 22.7. The fourth-order valence-corrected chi connectivity index (χ4v) is 4.60. The number of nitrogens with zero attached hydrogens (tertiary/aromatic N) is 2. The summed E-state index contributed by atoms with van der Waals surface area (Å²) in [5, 5.41) is 5.49. The summed E-state index contributed by atoms with van der Waals surface area (Å²) in [4.78, 5) is 69.0. The predicted octanol–water partition coefficient (Wildman–Crippen LogP) is 3.24. The number of unbranched alkanes of at least 4 members (excludes halogenated alkanes) is 5. The maximum Gasteiger partial charge on any atom is 0.495 e. The van der Waals surface area contributed by atoms with Gasteiger partial charge in [0.05, 0.1) is 6.42 Å². The molecule has 3 rings (SSSR count). The summed E-state index contributed by atoms with van der Waals surface area (Å²) in [6.45, 7) is 2.68. The summed E-state index contributed by atoms with van der Waals surface area (Å²) >= 11 is 0. The first-order valence-corrected chi connectivity index (χ1v) is 13.7. The van der Waals surface area contributed by atoms with E-state index in [-0.39, 0.29) is 24.1 Å². The number of nitrogens with one attached hydrogen (secondary N) is 2. The second kappa shape index (κ2) is 15.2. The summed E-state index contributed by atoms with van der Waals surface area (Å²) in [7, 11) is 0. The summed E-state index contributed by atoms with van der Waals surface area (Å²) in [6, 6.07) is 7.30. The third kappa shape index (κ3) is 10.6. The minimum Gasteiger partial charge on any atom is -0.374 e. The lowest BCUT2D eigenvalue weighted by molar-refractivity contribution is -0.285. The topological polar surface area (TPSA) is 134 Å². The molecule has 1 aromatic carbocycles. The standard InChI is InChI=1S/C27H35F3N4O7/c28-27(29,30)26(39)41-40-24(37)8-6-4-2-1-3-5-7-23(36)34-17-15-33(16-18-34)20-11-9-19(10-12-20)31-21-13-14-22(35)32-25(21)38/h9-12,21,31H,1-8,13-18H2,(H,32,35,38). The van der Waals surface area contributed by atoms with Crippen molar-refractivity contribution in [1.82, 2.24) is 10.2 Å². The molecule has 2 fully saturated rings. The van der Waals surface area contributed by atoms with E-state index in [1.807, 2.05) is 29.2 Å². The van der Waals surface area contributed by atoms with E-state index < -0.39 is 24.2 Å². The van der Waals surface area contributed by atoms with Gasteiger partial charge >= 0.3 is 18.1 Å². The Balaban J connectivity index is 1.23. The third-order valence-electron chi connectivity index (χ3n) is 6.91. The van der Waals surface area contributed by atoms with Crippen molar-refractivity contribution in [1.29, 1.82) is 0 Å². The maximum atomic E-state index is 12.6. The number of alkyl halides is 3. The molecule has 14 heteroatoms. The van der Waals surface area contributed by atoms with Crippen molar-refractivity contribution in [2.75, 3.05) is 36.4 Å². The summed E-state index contributed by atoms with van der Waals surface area (Å²) in [5.74, 6) is -4.06. The largest absolute Gasteiger partial charge is 0.495 e. The van der Waals surface area contributed by atoms with Crippen molar-refractivity contribution in [3.05, 3.63) is 24.3 Å². The zero-order valence-corrected chi connectivity index (χ0v) is 22.7. The lowest BCUT2D eigenvalue weighted by atomic mass is 10.1. The molecule has 226 valence electrons. The number of benzene rings is 1. The van der Waals surface area contributed by atoms with E-state index >= 15 is 0 Å². The first kappa shape index (κ1) is 31.7. The zero-order chi connectivity index (χ0) is 29.8. The molecule has 0 spiro atoms. The minimum absolute atomic E-state index is 0.115. The molecular weight excluding hydrogens is 549 g/mol. The minimum atomic E-state index is -5.22. The Bertz CT molecular complexity index is 1070. The van der Waals surface area contributed by atoms with Crippen molar-refractivity contribution in [2.45, 2.75) is 76.4 Å². The summed E-state index contributed by atoms with van der Waals surface area (Å²) in [6.07, 6.45) is 0.151. The van der Waals surface area contributed by atoms with Gasteiger partial charge in [-0.2, -0.15) is 13.2 Å². The predicted molar refractivity (Wildman–Crippen MR) is 140 cm³/mol. The van der Waals surface area contributed by atoms with E-state index in [1.54, 1.807) is 0 Å². The van der Waals surface area contributed by atoms with Gasteiger partial charge in [-0.1, -0.05) is 25.7 Å². The van der Waals surface area contributed by atoms with Crippen LogP contribution in [0.15, 0.2) is 24.3 Å². The van der Waals surface area contributed by atoms with Crippen LogP contribution in [0.1, 0.15) is 64.2 Å². The Labute approximate surface area is 235 Å². The molecule has 2 saturated heterocycles. The van der Waals surface area contributed by atoms with Gasteiger partial charge in [0, 0.05) is 50.4 Å².